The molecule has 0 N–H and O–H groups in total. The molecule has 0 spiro atoms. The Morgan fingerprint density at radius 3 is 2.42 bits per heavy atom. The van der Waals surface area contributed by atoms with Crippen LogP contribution in [0.5, 0.6) is 0 Å². The van der Waals surface area contributed by atoms with Crippen molar-refractivity contribution in [2.75, 3.05) is 0 Å². The first-order valence-electron chi connectivity index (χ1n) is 4.22. The van der Waals surface area contributed by atoms with Crippen molar-refractivity contribution in [3.63, 3.8) is 0 Å². The van der Waals surface area contributed by atoms with Gasteiger partial charge in [-0.3, -0.25) is 4.79 Å². The first kappa shape index (κ1) is 7.46. The number of ketones is 1. The standard InChI is InChI=1S/C8H11N3O/c12-8-3-1-7(2-4-8)11-5-9-10-6-11/h5-7H,1-4H2. The van der Waals surface area contributed by atoms with Gasteiger partial charge in [0.1, 0.15) is 18.4 Å². The highest BCUT2D eigenvalue weighted by Gasteiger charge is 2.19. The average molecular weight is 165 g/mol. The van der Waals surface area contributed by atoms with Gasteiger partial charge in [-0.05, 0) is 12.8 Å². The Morgan fingerprint density at radius 1 is 1.25 bits per heavy atom. The van der Waals surface area contributed by atoms with Gasteiger partial charge in [0.15, 0.2) is 0 Å². The van der Waals surface area contributed by atoms with Crippen LogP contribution in [0.15, 0.2) is 12.7 Å². The van der Waals surface area contributed by atoms with Gasteiger partial charge in [0.25, 0.3) is 0 Å². The molecule has 0 saturated heterocycles. The van der Waals surface area contributed by atoms with E-state index in [1.165, 1.54) is 0 Å². The first-order chi connectivity index (χ1) is 5.86. The summed E-state index contributed by atoms with van der Waals surface area (Å²) >= 11 is 0. The monoisotopic (exact) mass is 165 g/mol. The van der Waals surface area contributed by atoms with Crippen LogP contribution in [0.1, 0.15) is 31.7 Å². The van der Waals surface area contributed by atoms with E-state index < -0.39 is 0 Å². The molecule has 1 fully saturated rings. The third-order valence-corrected chi connectivity index (χ3v) is 2.37. The van der Waals surface area contributed by atoms with Gasteiger partial charge in [-0.2, -0.15) is 0 Å². The van der Waals surface area contributed by atoms with Crippen LogP contribution in [0.25, 0.3) is 0 Å². The molecule has 0 atom stereocenters. The normalized spacial score (nSPS) is 19.8. The number of carbonyl (C=O) groups excluding carboxylic acids is 1. The Hall–Kier alpha value is -1.19. The fourth-order valence-electron chi connectivity index (χ4n) is 1.62. The molecular formula is C8H11N3O. The lowest BCUT2D eigenvalue weighted by Crippen LogP contribution is -2.16. The molecule has 0 unspecified atom stereocenters. The molecule has 1 saturated carbocycles. The molecule has 0 amide bonds. The minimum Gasteiger partial charge on any atom is -0.317 e. The fourth-order valence-corrected chi connectivity index (χ4v) is 1.62. The highest BCUT2D eigenvalue weighted by Crippen LogP contribution is 2.25. The largest absolute Gasteiger partial charge is 0.317 e. The van der Waals surface area contributed by atoms with Crippen molar-refractivity contribution < 1.29 is 4.79 Å². The summed E-state index contributed by atoms with van der Waals surface area (Å²) in [5, 5.41) is 7.49. The number of nitrogens with zero attached hydrogens (tertiary/aromatic N) is 3. The lowest BCUT2D eigenvalue weighted by atomic mass is 9.94. The molecular weight excluding hydrogens is 154 g/mol. The van der Waals surface area contributed by atoms with E-state index in [9.17, 15) is 4.79 Å². The summed E-state index contributed by atoms with van der Waals surface area (Å²) in [6, 6.07) is 0.442. The van der Waals surface area contributed by atoms with Crippen molar-refractivity contribution in [2.24, 2.45) is 0 Å². The Kier molecular flexibility index (Phi) is 1.89. The second kappa shape index (κ2) is 3.05. The molecule has 2 rings (SSSR count). The van der Waals surface area contributed by atoms with Crippen molar-refractivity contribution in [1.29, 1.82) is 0 Å². The van der Waals surface area contributed by atoms with Crippen LogP contribution < -0.4 is 0 Å². The molecule has 0 bridgehead atoms. The quantitative estimate of drug-likeness (QED) is 0.622. The van der Waals surface area contributed by atoms with E-state index in [4.69, 9.17) is 0 Å². The molecule has 1 aliphatic carbocycles. The van der Waals surface area contributed by atoms with Crippen LogP contribution in [0, 0.1) is 0 Å². The minimum absolute atomic E-state index is 0.388. The predicted octanol–water partition coefficient (Wildman–Crippen LogP) is 0.962. The molecule has 0 aromatic carbocycles. The minimum atomic E-state index is 0.388. The van der Waals surface area contributed by atoms with Crippen LogP contribution in [0.4, 0.5) is 0 Å². The van der Waals surface area contributed by atoms with Crippen LogP contribution in [0.2, 0.25) is 0 Å². The molecule has 0 radical (unpaired) electrons. The number of rotatable bonds is 1. The van der Waals surface area contributed by atoms with Crippen molar-refractivity contribution >= 4 is 5.78 Å². The maximum atomic E-state index is 10.9. The van der Waals surface area contributed by atoms with Gasteiger partial charge in [-0.15, -0.1) is 10.2 Å². The second-order valence-corrected chi connectivity index (χ2v) is 3.18. The lowest BCUT2D eigenvalue weighted by Gasteiger charge is -2.21. The number of hydrogen-bond donors (Lipinski definition) is 0. The number of aromatic nitrogens is 3. The smallest absolute Gasteiger partial charge is 0.133 e. The van der Waals surface area contributed by atoms with E-state index in [1.807, 2.05) is 4.57 Å². The van der Waals surface area contributed by atoms with E-state index in [0.717, 1.165) is 12.8 Å². The van der Waals surface area contributed by atoms with Crippen LogP contribution >= 0.6 is 0 Å². The van der Waals surface area contributed by atoms with Gasteiger partial charge in [0, 0.05) is 18.9 Å². The number of hydrogen-bond acceptors (Lipinski definition) is 3. The van der Waals surface area contributed by atoms with Gasteiger partial charge >= 0.3 is 0 Å². The highest BCUT2D eigenvalue weighted by atomic mass is 16.1. The van der Waals surface area contributed by atoms with Crippen molar-refractivity contribution in [3.05, 3.63) is 12.7 Å². The Morgan fingerprint density at radius 2 is 1.83 bits per heavy atom. The topological polar surface area (TPSA) is 47.8 Å². The zero-order chi connectivity index (χ0) is 8.39. The second-order valence-electron chi connectivity index (χ2n) is 3.18. The molecule has 64 valence electrons. The van der Waals surface area contributed by atoms with Gasteiger partial charge in [0.2, 0.25) is 0 Å². The molecule has 1 aliphatic rings. The van der Waals surface area contributed by atoms with Crippen LogP contribution in [-0.4, -0.2) is 20.5 Å². The maximum Gasteiger partial charge on any atom is 0.133 e. The van der Waals surface area contributed by atoms with Crippen LogP contribution in [-0.2, 0) is 4.79 Å². The molecule has 4 heteroatoms. The van der Waals surface area contributed by atoms with Crippen LogP contribution in [0.3, 0.4) is 0 Å². The van der Waals surface area contributed by atoms with Crippen molar-refractivity contribution in [2.45, 2.75) is 31.7 Å². The van der Waals surface area contributed by atoms with E-state index in [-0.39, 0.29) is 0 Å². The summed E-state index contributed by atoms with van der Waals surface area (Å²) in [6.07, 6.45) is 6.75. The van der Waals surface area contributed by atoms with Gasteiger partial charge in [-0.25, -0.2) is 0 Å². The molecule has 4 nitrogen and oxygen atoms in total. The molecule has 12 heavy (non-hydrogen) atoms. The molecule has 1 heterocycles. The zero-order valence-corrected chi connectivity index (χ0v) is 6.81. The summed E-state index contributed by atoms with van der Waals surface area (Å²) < 4.78 is 1.99. The van der Waals surface area contributed by atoms with Gasteiger partial charge in [0.05, 0.1) is 0 Å². The van der Waals surface area contributed by atoms with E-state index in [2.05, 4.69) is 10.2 Å². The van der Waals surface area contributed by atoms with Crippen molar-refractivity contribution in [1.82, 2.24) is 14.8 Å². The van der Waals surface area contributed by atoms with Crippen molar-refractivity contribution in [3.8, 4) is 0 Å². The van der Waals surface area contributed by atoms with Gasteiger partial charge < -0.3 is 4.57 Å². The number of carbonyl (C=O) groups is 1. The highest BCUT2D eigenvalue weighted by molar-refractivity contribution is 5.79. The van der Waals surface area contributed by atoms with E-state index >= 15 is 0 Å². The SMILES string of the molecule is O=C1CCC(n2cnnc2)CC1. The Labute approximate surface area is 70.6 Å². The van der Waals surface area contributed by atoms with E-state index in [0.29, 0.717) is 24.7 Å². The van der Waals surface area contributed by atoms with Gasteiger partial charge in [-0.1, -0.05) is 0 Å². The summed E-state index contributed by atoms with van der Waals surface area (Å²) in [7, 11) is 0. The maximum absolute atomic E-state index is 10.9. The van der Waals surface area contributed by atoms with E-state index in [1.54, 1.807) is 12.7 Å². The summed E-state index contributed by atoms with van der Waals surface area (Å²) in [5.74, 6) is 0.388. The summed E-state index contributed by atoms with van der Waals surface area (Å²) in [5.41, 5.74) is 0. The fraction of sp³-hybridized carbons (Fsp3) is 0.625. The lowest BCUT2D eigenvalue weighted by molar-refractivity contribution is -0.120. The molecule has 1 aromatic heterocycles. The third kappa shape index (κ3) is 1.37. The molecule has 0 aliphatic heterocycles. The average Bonchev–Trinajstić information content (AvgIpc) is 2.58. The Balaban J connectivity index is 2.03. The Bertz CT molecular complexity index is 258. The summed E-state index contributed by atoms with van der Waals surface area (Å²) in [6.45, 7) is 0. The molecule has 1 aromatic rings. The predicted molar refractivity (Wildman–Crippen MR) is 42.5 cm³/mol. The zero-order valence-electron chi connectivity index (χ0n) is 6.81. The first-order valence-corrected chi connectivity index (χ1v) is 4.22. The number of Topliss-reactive ketones (excluding diaryl/α,β-unsaturated/α-hetero) is 1. The summed E-state index contributed by atoms with van der Waals surface area (Å²) in [4.78, 5) is 10.9. The third-order valence-electron chi connectivity index (χ3n) is 2.37.